The minimum Gasteiger partial charge on any atom is -0.496 e. The van der Waals surface area contributed by atoms with E-state index in [1.807, 2.05) is 6.07 Å². The Morgan fingerprint density at radius 2 is 1.95 bits per heavy atom. The van der Waals surface area contributed by atoms with E-state index in [9.17, 15) is 4.79 Å². The minimum atomic E-state index is -0.568. The van der Waals surface area contributed by atoms with Crippen molar-refractivity contribution < 1.29 is 19.4 Å². The Hall–Kier alpha value is -2.84. The number of carbonyl (C=O) groups excluding carboxylic acids is 1. The van der Waals surface area contributed by atoms with Crippen molar-refractivity contribution in [2.75, 3.05) is 7.11 Å². The highest BCUT2D eigenvalue weighted by molar-refractivity contribution is 5.94. The van der Waals surface area contributed by atoms with Crippen LogP contribution in [0.15, 0.2) is 42.5 Å². The summed E-state index contributed by atoms with van der Waals surface area (Å²) in [4.78, 5) is 12.1. The molecule has 0 aliphatic rings. The van der Waals surface area contributed by atoms with Crippen LogP contribution >= 0.6 is 0 Å². The van der Waals surface area contributed by atoms with Gasteiger partial charge in [-0.15, -0.1) is 0 Å². The van der Waals surface area contributed by atoms with Crippen molar-refractivity contribution in [1.29, 1.82) is 5.26 Å². The van der Waals surface area contributed by atoms with Gasteiger partial charge < -0.3 is 14.6 Å². The molecule has 0 unspecified atom stereocenters. The lowest BCUT2D eigenvalue weighted by Gasteiger charge is -2.09. The molecular formula is C16H13NO4. The third-order valence-corrected chi connectivity index (χ3v) is 2.86. The summed E-state index contributed by atoms with van der Waals surface area (Å²) in [5.74, 6) is 0.105. The molecule has 2 aromatic carbocycles. The van der Waals surface area contributed by atoms with Crippen LogP contribution in [0.5, 0.6) is 11.5 Å². The number of nitriles is 1. The first-order chi connectivity index (χ1) is 10.2. The van der Waals surface area contributed by atoms with Crippen molar-refractivity contribution in [3.63, 3.8) is 0 Å². The maximum Gasteiger partial charge on any atom is 0.347 e. The van der Waals surface area contributed by atoms with Gasteiger partial charge in [0.25, 0.3) is 0 Å². The first-order valence-electron chi connectivity index (χ1n) is 6.18. The summed E-state index contributed by atoms with van der Waals surface area (Å²) >= 11 is 0. The van der Waals surface area contributed by atoms with Gasteiger partial charge in [-0.3, -0.25) is 0 Å². The number of ether oxygens (including phenoxy) is 2. The molecule has 0 atom stereocenters. The molecule has 0 aliphatic heterocycles. The predicted octanol–water partition coefficient (Wildman–Crippen LogP) is 2.28. The van der Waals surface area contributed by atoms with Crippen LogP contribution in [0.1, 0.15) is 21.5 Å². The number of carbonyl (C=O) groups is 1. The minimum absolute atomic E-state index is 0.138. The third-order valence-electron chi connectivity index (χ3n) is 2.86. The van der Waals surface area contributed by atoms with Crippen molar-refractivity contribution in [1.82, 2.24) is 0 Å². The van der Waals surface area contributed by atoms with Crippen molar-refractivity contribution in [2.24, 2.45) is 0 Å². The number of hydrogen-bond acceptors (Lipinski definition) is 5. The normalized spacial score (nSPS) is 9.76. The zero-order valence-corrected chi connectivity index (χ0v) is 11.4. The van der Waals surface area contributed by atoms with E-state index in [4.69, 9.17) is 19.8 Å². The molecule has 2 rings (SSSR count). The van der Waals surface area contributed by atoms with Crippen LogP contribution in [0, 0.1) is 11.3 Å². The number of rotatable bonds is 4. The molecule has 0 amide bonds. The fourth-order valence-corrected chi connectivity index (χ4v) is 1.76. The maximum absolute atomic E-state index is 12.1. The summed E-state index contributed by atoms with van der Waals surface area (Å²) in [7, 11) is 1.44. The van der Waals surface area contributed by atoms with Crippen LogP contribution in [0.4, 0.5) is 0 Å². The lowest BCUT2D eigenvalue weighted by molar-refractivity contribution is 0.0731. The number of methoxy groups -OCH3 is 1. The number of aliphatic hydroxyl groups excluding tert-OH is 1. The molecule has 0 aliphatic carbocycles. The number of aliphatic hydroxyl groups is 1. The summed E-state index contributed by atoms with van der Waals surface area (Å²) in [5.41, 5.74) is 1.39. The molecule has 0 fully saturated rings. The van der Waals surface area contributed by atoms with Gasteiger partial charge in [-0.25, -0.2) is 4.79 Å². The highest BCUT2D eigenvalue weighted by Gasteiger charge is 2.15. The molecule has 0 spiro atoms. The van der Waals surface area contributed by atoms with E-state index in [1.54, 1.807) is 36.4 Å². The molecule has 21 heavy (non-hydrogen) atoms. The fourth-order valence-electron chi connectivity index (χ4n) is 1.76. The summed E-state index contributed by atoms with van der Waals surface area (Å²) in [6.07, 6.45) is 0. The quantitative estimate of drug-likeness (QED) is 0.688. The lowest BCUT2D eigenvalue weighted by Crippen LogP contribution is -2.10. The first-order valence-corrected chi connectivity index (χ1v) is 6.18. The van der Waals surface area contributed by atoms with Gasteiger partial charge in [0.05, 0.1) is 25.3 Å². The highest BCUT2D eigenvalue weighted by atomic mass is 16.5. The summed E-state index contributed by atoms with van der Waals surface area (Å²) in [5, 5.41) is 17.8. The van der Waals surface area contributed by atoms with Crippen LogP contribution in [0.25, 0.3) is 0 Å². The Balaban J connectivity index is 2.21. The van der Waals surface area contributed by atoms with Gasteiger partial charge in [-0.1, -0.05) is 6.07 Å². The molecule has 2 aromatic rings. The van der Waals surface area contributed by atoms with Crippen LogP contribution in [0.2, 0.25) is 0 Å². The Labute approximate surface area is 122 Å². The molecule has 0 radical (unpaired) electrons. The van der Waals surface area contributed by atoms with Crippen molar-refractivity contribution in [3.05, 3.63) is 59.2 Å². The van der Waals surface area contributed by atoms with E-state index in [-0.39, 0.29) is 12.2 Å². The van der Waals surface area contributed by atoms with Gasteiger partial charge in [0.1, 0.15) is 17.1 Å². The second-order valence-corrected chi connectivity index (χ2v) is 4.22. The van der Waals surface area contributed by atoms with Crippen molar-refractivity contribution in [3.8, 4) is 17.6 Å². The van der Waals surface area contributed by atoms with E-state index < -0.39 is 5.97 Å². The van der Waals surface area contributed by atoms with Gasteiger partial charge in [-0.05, 0) is 42.0 Å². The fraction of sp³-hybridized carbons (Fsp3) is 0.125. The number of benzene rings is 2. The average Bonchev–Trinajstić information content (AvgIpc) is 2.54. The average molecular weight is 283 g/mol. The predicted molar refractivity (Wildman–Crippen MR) is 75.0 cm³/mol. The Bertz CT molecular complexity index is 686. The molecule has 1 N–H and O–H groups in total. The largest absolute Gasteiger partial charge is 0.496 e. The number of nitrogens with zero attached hydrogens (tertiary/aromatic N) is 1. The van der Waals surface area contributed by atoms with E-state index in [0.717, 1.165) is 0 Å². The second-order valence-electron chi connectivity index (χ2n) is 4.22. The van der Waals surface area contributed by atoms with Crippen LogP contribution < -0.4 is 9.47 Å². The highest BCUT2D eigenvalue weighted by Crippen LogP contribution is 2.22. The SMILES string of the molecule is COc1cc(CO)ccc1C(=O)Oc1ccc(C#N)cc1. The Morgan fingerprint density at radius 1 is 1.24 bits per heavy atom. The first kappa shape index (κ1) is 14.6. The zero-order valence-electron chi connectivity index (χ0n) is 11.4. The third kappa shape index (κ3) is 3.38. The molecule has 0 saturated heterocycles. The molecule has 0 aromatic heterocycles. The Morgan fingerprint density at radius 3 is 2.52 bits per heavy atom. The molecule has 0 saturated carbocycles. The van der Waals surface area contributed by atoms with Gasteiger partial charge in [0, 0.05) is 0 Å². The topological polar surface area (TPSA) is 79.6 Å². The van der Waals surface area contributed by atoms with E-state index in [1.165, 1.54) is 13.2 Å². The molecular weight excluding hydrogens is 270 g/mol. The summed E-state index contributed by atoms with van der Waals surface area (Å²) in [6, 6.07) is 12.9. The van der Waals surface area contributed by atoms with Gasteiger partial charge in [0.15, 0.2) is 0 Å². The lowest BCUT2D eigenvalue weighted by atomic mass is 10.1. The molecule has 5 heteroatoms. The van der Waals surface area contributed by atoms with Crippen LogP contribution in [-0.4, -0.2) is 18.2 Å². The van der Waals surface area contributed by atoms with Crippen LogP contribution in [0.3, 0.4) is 0 Å². The molecule has 0 bridgehead atoms. The van der Waals surface area contributed by atoms with Crippen molar-refractivity contribution >= 4 is 5.97 Å². The van der Waals surface area contributed by atoms with E-state index in [2.05, 4.69) is 0 Å². The number of esters is 1. The van der Waals surface area contributed by atoms with Gasteiger partial charge >= 0.3 is 5.97 Å². The van der Waals surface area contributed by atoms with E-state index in [0.29, 0.717) is 22.6 Å². The van der Waals surface area contributed by atoms with Crippen molar-refractivity contribution in [2.45, 2.75) is 6.61 Å². The Kier molecular flexibility index (Phi) is 4.54. The summed E-state index contributed by atoms with van der Waals surface area (Å²) in [6.45, 7) is -0.138. The standard InChI is InChI=1S/C16H13NO4/c1-20-15-8-12(10-18)4-7-14(15)16(19)21-13-5-2-11(9-17)3-6-13/h2-8,18H,10H2,1H3. The zero-order chi connectivity index (χ0) is 15.2. The van der Waals surface area contributed by atoms with E-state index >= 15 is 0 Å². The molecule has 5 nitrogen and oxygen atoms in total. The molecule has 0 heterocycles. The smallest absolute Gasteiger partial charge is 0.347 e. The second kappa shape index (κ2) is 6.55. The van der Waals surface area contributed by atoms with Gasteiger partial charge in [0.2, 0.25) is 0 Å². The van der Waals surface area contributed by atoms with Gasteiger partial charge in [-0.2, -0.15) is 5.26 Å². The number of hydrogen-bond donors (Lipinski definition) is 1. The van der Waals surface area contributed by atoms with Crippen LogP contribution in [-0.2, 0) is 6.61 Å². The monoisotopic (exact) mass is 283 g/mol. The summed E-state index contributed by atoms with van der Waals surface area (Å²) < 4.78 is 10.4. The molecule has 106 valence electrons. The maximum atomic E-state index is 12.1.